The third kappa shape index (κ3) is 2.66. The molecule has 0 fully saturated rings. The van der Waals surface area contributed by atoms with Crippen molar-refractivity contribution in [1.29, 1.82) is 5.26 Å². The van der Waals surface area contributed by atoms with Crippen molar-refractivity contribution in [3.05, 3.63) is 23.8 Å². The standard InChI is InChI=1S/C10H11NO2S/c1-12-5-6-13-10-8(7-11)3-2-4-9(10)14/h2-4,14H,5-6H2,1H3. The molecule has 0 saturated carbocycles. The topological polar surface area (TPSA) is 42.2 Å². The van der Waals surface area contributed by atoms with Gasteiger partial charge in [-0.1, -0.05) is 6.07 Å². The van der Waals surface area contributed by atoms with Gasteiger partial charge < -0.3 is 9.47 Å². The zero-order valence-corrected chi connectivity index (χ0v) is 8.75. The van der Waals surface area contributed by atoms with Crippen LogP contribution < -0.4 is 4.74 Å². The van der Waals surface area contributed by atoms with Crippen molar-refractivity contribution in [3.63, 3.8) is 0 Å². The Morgan fingerprint density at radius 2 is 2.21 bits per heavy atom. The SMILES string of the molecule is COCCOc1c(S)cccc1C#N. The molecule has 0 bridgehead atoms. The van der Waals surface area contributed by atoms with E-state index >= 15 is 0 Å². The van der Waals surface area contributed by atoms with Crippen molar-refractivity contribution >= 4 is 12.6 Å². The van der Waals surface area contributed by atoms with Gasteiger partial charge in [-0.25, -0.2) is 0 Å². The summed E-state index contributed by atoms with van der Waals surface area (Å²) in [5.41, 5.74) is 0.494. The Kier molecular flexibility index (Phi) is 4.30. The Morgan fingerprint density at radius 3 is 2.86 bits per heavy atom. The number of hydrogen-bond donors (Lipinski definition) is 1. The van der Waals surface area contributed by atoms with Crippen LogP contribution in [-0.4, -0.2) is 20.3 Å². The number of benzene rings is 1. The number of para-hydroxylation sites is 1. The van der Waals surface area contributed by atoms with Gasteiger partial charge in [-0.05, 0) is 12.1 Å². The molecule has 0 aliphatic heterocycles. The van der Waals surface area contributed by atoms with E-state index in [1.165, 1.54) is 0 Å². The number of ether oxygens (including phenoxy) is 2. The highest BCUT2D eigenvalue weighted by Crippen LogP contribution is 2.26. The van der Waals surface area contributed by atoms with Crippen LogP contribution in [-0.2, 0) is 4.74 Å². The fraction of sp³-hybridized carbons (Fsp3) is 0.300. The van der Waals surface area contributed by atoms with E-state index in [1.54, 1.807) is 25.3 Å². The van der Waals surface area contributed by atoms with E-state index in [4.69, 9.17) is 14.7 Å². The van der Waals surface area contributed by atoms with Crippen LogP contribution in [0.3, 0.4) is 0 Å². The molecule has 3 nitrogen and oxygen atoms in total. The largest absolute Gasteiger partial charge is 0.489 e. The minimum atomic E-state index is 0.419. The van der Waals surface area contributed by atoms with Gasteiger partial charge in [0.25, 0.3) is 0 Å². The average molecular weight is 209 g/mol. The van der Waals surface area contributed by atoms with Crippen molar-refractivity contribution in [2.75, 3.05) is 20.3 Å². The van der Waals surface area contributed by atoms with E-state index < -0.39 is 0 Å². The van der Waals surface area contributed by atoms with E-state index in [1.807, 2.05) is 6.07 Å². The maximum atomic E-state index is 8.80. The lowest BCUT2D eigenvalue weighted by Gasteiger charge is -2.08. The molecule has 0 heterocycles. The normalized spacial score (nSPS) is 9.50. The molecule has 1 rings (SSSR count). The summed E-state index contributed by atoms with van der Waals surface area (Å²) in [5.74, 6) is 0.524. The Bertz CT molecular complexity index is 346. The lowest BCUT2D eigenvalue weighted by molar-refractivity contribution is 0.144. The molecule has 0 spiro atoms. The molecule has 0 N–H and O–H groups in total. The minimum absolute atomic E-state index is 0.419. The zero-order chi connectivity index (χ0) is 10.4. The molecular formula is C10H11NO2S. The van der Waals surface area contributed by atoms with Crippen LogP contribution in [0, 0.1) is 11.3 Å². The fourth-order valence-electron chi connectivity index (χ4n) is 0.992. The predicted octanol–water partition coefficient (Wildman–Crippen LogP) is 1.87. The summed E-state index contributed by atoms with van der Waals surface area (Å²) in [6.07, 6.45) is 0. The molecule has 0 aliphatic carbocycles. The Hall–Kier alpha value is -1.18. The highest BCUT2D eigenvalue weighted by atomic mass is 32.1. The van der Waals surface area contributed by atoms with Crippen LogP contribution in [0.25, 0.3) is 0 Å². The Balaban J connectivity index is 2.78. The number of rotatable bonds is 4. The molecule has 0 unspecified atom stereocenters. The predicted molar refractivity (Wildman–Crippen MR) is 55.8 cm³/mol. The van der Waals surface area contributed by atoms with Crippen molar-refractivity contribution < 1.29 is 9.47 Å². The highest BCUT2D eigenvalue weighted by molar-refractivity contribution is 7.80. The molecule has 1 aromatic rings. The molecular weight excluding hydrogens is 198 g/mol. The fourth-order valence-corrected chi connectivity index (χ4v) is 1.26. The smallest absolute Gasteiger partial charge is 0.150 e. The summed E-state index contributed by atoms with van der Waals surface area (Å²) in [5, 5.41) is 8.80. The van der Waals surface area contributed by atoms with Gasteiger partial charge >= 0.3 is 0 Å². The van der Waals surface area contributed by atoms with Crippen LogP contribution in [0.1, 0.15) is 5.56 Å². The molecule has 0 amide bonds. The summed E-state index contributed by atoms with van der Waals surface area (Å²) < 4.78 is 10.2. The highest BCUT2D eigenvalue weighted by Gasteiger charge is 2.06. The van der Waals surface area contributed by atoms with E-state index in [0.717, 1.165) is 0 Å². The molecule has 4 heteroatoms. The van der Waals surface area contributed by atoms with Gasteiger partial charge in [-0.15, -0.1) is 12.6 Å². The number of nitrogens with zero attached hydrogens (tertiary/aromatic N) is 1. The molecule has 14 heavy (non-hydrogen) atoms. The summed E-state index contributed by atoms with van der Waals surface area (Å²) in [6, 6.07) is 7.30. The summed E-state index contributed by atoms with van der Waals surface area (Å²) in [4.78, 5) is 0.667. The number of methoxy groups -OCH3 is 1. The third-order valence-corrected chi connectivity index (χ3v) is 2.00. The van der Waals surface area contributed by atoms with Crippen LogP contribution in [0.2, 0.25) is 0 Å². The van der Waals surface area contributed by atoms with Gasteiger partial charge in [0, 0.05) is 12.0 Å². The second-order valence-electron chi connectivity index (χ2n) is 2.61. The summed E-state index contributed by atoms with van der Waals surface area (Å²) in [7, 11) is 1.60. The van der Waals surface area contributed by atoms with Crippen LogP contribution in [0.15, 0.2) is 23.1 Å². The van der Waals surface area contributed by atoms with Crippen molar-refractivity contribution in [3.8, 4) is 11.8 Å². The molecule has 0 saturated heterocycles. The number of nitriles is 1. The first-order valence-electron chi connectivity index (χ1n) is 4.13. The van der Waals surface area contributed by atoms with Crippen LogP contribution in [0.4, 0.5) is 0 Å². The van der Waals surface area contributed by atoms with Gasteiger partial charge in [-0.2, -0.15) is 5.26 Å². The second-order valence-corrected chi connectivity index (χ2v) is 3.09. The minimum Gasteiger partial charge on any atom is -0.489 e. The van der Waals surface area contributed by atoms with Crippen LogP contribution >= 0.6 is 12.6 Å². The summed E-state index contributed by atoms with van der Waals surface area (Å²) >= 11 is 4.21. The Labute approximate surface area is 88.7 Å². The van der Waals surface area contributed by atoms with E-state index in [0.29, 0.717) is 29.4 Å². The molecule has 0 aliphatic rings. The first-order chi connectivity index (χ1) is 6.79. The van der Waals surface area contributed by atoms with Crippen molar-refractivity contribution in [2.24, 2.45) is 0 Å². The molecule has 0 radical (unpaired) electrons. The average Bonchev–Trinajstić information content (AvgIpc) is 2.20. The lowest BCUT2D eigenvalue weighted by atomic mass is 10.2. The van der Waals surface area contributed by atoms with Crippen molar-refractivity contribution in [1.82, 2.24) is 0 Å². The number of hydrogen-bond acceptors (Lipinski definition) is 4. The third-order valence-electron chi connectivity index (χ3n) is 1.65. The maximum absolute atomic E-state index is 8.80. The second kappa shape index (κ2) is 5.53. The van der Waals surface area contributed by atoms with Gasteiger partial charge in [0.1, 0.15) is 18.4 Å². The molecule has 0 aromatic heterocycles. The van der Waals surface area contributed by atoms with E-state index in [2.05, 4.69) is 12.6 Å². The molecule has 0 atom stereocenters. The summed E-state index contributed by atoms with van der Waals surface area (Å²) in [6.45, 7) is 0.912. The van der Waals surface area contributed by atoms with E-state index in [-0.39, 0.29) is 0 Å². The zero-order valence-electron chi connectivity index (χ0n) is 7.86. The van der Waals surface area contributed by atoms with Gasteiger partial charge in [-0.3, -0.25) is 0 Å². The van der Waals surface area contributed by atoms with Gasteiger partial charge in [0.15, 0.2) is 0 Å². The number of thiol groups is 1. The van der Waals surface area contributed by atoms with Crippen molar-refractivity contribution in [2.45, 2.75) is 4.90 Å². The van der Waals surface area contributed by atoms with Crippen LogP contribution in [0.5, 0.6) is 5.75 Å². The monoisotopic (exact) mass is 209 g/mol. The lowest BCUT2D eigenvalue weighted by Crippen LogP contribution is -2.05. The quantitative estimate of drug-likeness (QED) is 0.608. The molecule has 1 aromatic carbocycles. The van der Waals surface area contributed by atoms with Gasteiger partial charge in [0.2, 0.25) is 0 Å². The first-order valence-corrected chi connectivity index (χ1v) is 4.58. The van der Waals surface area contributed by atoms with E-state index in [9.17, 15) is 0 Å². The molecule has 74 valence electrons. The van der Waals surface area contributed by atoms with Gasteiger partial charge in [0.05, 0.1) is 12.2 Å². The maximum Gasteiger partial charge on any atom is 0.150 e. The Morgan fingerprint density at radius 1 is 1.43 bits per heavy atom. The first kappa shape index (κ1) is 10.9.